The topological polar surface area (TPSA) is 115 Å². The summed E-state index contributed by atoms with van der Waals surface area (Å²) in [7, 11) is -2.39. The molecule has 1 saturated carbocycles. The van der Waals surface area contributed by atoms with E-state index in [4.69, 9.17) is 4.74 Å². The number of aromatic nitrogens is 3. The van der Waals surface area contributed by atoms with Gasteiger partial charge in [0.1, 0.15) is 10.6 Å². The molecule has 3 aromatic rings. The first-order chi connectivity index (χ1) is 14.3. The lowest BCUT2D eigenvalue weighted by molar-refractivity contribution is 0.102. The Morgan fingerprint density at radius 1 is 1.23 bits per heavy atom. The molecule has 4 rings (SSSR count). The smallest absolute Gasteiger partial charge is 0.255 e. The number of nitrogens with zero attached hydrogens (tertiary/aromatic N) is 3. The fraction of sp³-hybridized carbons (Fsp3) is 0.350. The van der Waals surface area contributed by atoms with Crippen LogP contribution in [-0.2, 0) is 10.0 Å². The Bertz CT molecular complexity index is 1220. The molecule has 9 nitrogen and oxygen atoms in total. The van der Waals surface area contributed by atoms with Crippen LogP contribution < -0.4 is 14.8 Å². The van der Waals surface area contributed by atoms with Gasteiger partial charge in [-0.2, -0.15) is 5.10 Å². The van der Waals surface area contributed by atoms with Gasteiger partial charge in [0, 0.05) is 23.0 Å². The van der Waals surface area contributed by atoms with Gasteiger partial charge in [0.15, 0.2) is 5.65 Å². The molecule has 1 aliphatic rings. The number of benzene rings is 1. The summed E-state index contributed by atoms with van der Waals surface area (Å²) in [5, 5.41) is 7.88. The minimum atomic E-state index is -3.78. The predicted octanol–water partition coefficient (Wildman–Crippen LogP) is 2.71. The van der Waals surface area contributed by atoms with Crippen LogP contribution in [0, 0.1) is 0 Å². The van der Waals surface area contributed by atoms with Gasteiger partial charge < -0.3 is 10.1 Å². The van der Waals surface area contributed by atoms with E-state index in [0.29, 0.717) is 5.69 Å². The van der Waals surface area contributed by atoms with E-state index in [9.17, 15) is 13.2 Å². The number of methoxy groups -OCH3 is 1. The monoisotopic (exact) mass is 429 g/mol. The fourth-order valence-corrected chi connectivity index (χ4v) is 4.60. The third-order valence-corrected chi connectivity index (χ3v) is 6.34. The van der Waals surface area contributed by atoms with Crippen LogP contribution in [0.15, 0.2) is 41.6 Å². The van der Waals surface area contributed by atoms with Crippen molar-refractivity contribution in [1.29, 1.82) is 0 Å². The van der Waals surface area contributed by atoms with Gasteiger partial charge in [0.05, 0.1) is 25.2 Å². The van der Waals surface area contributed by atoms with E-state index in [1.54, 1.807) is 23.1 Å². The number of rotatable bonds is 7. The summed E-state index contributed by atoms with van der Waals surface area (Å²) in [6, 6.07) is 6.21. The third kappa shape index (κ3) is 4.01. The Hall–Kier alpha value is -2.98. The quantitative estimate of drug-likeness (QED) is 0.597. The number of nitrogens with one attached hydrogen (secondary N) is 2. The first-order valence-corrected chi connectivity index (χ1v) is 11.1. The number of amides is 1. The Balaban J connectivity index is 1.60. The van der Waals surface area contributed by atoms with Gasteiger partial charge in [-0.25, -0.2) is 22.8 Å². The summed E-state index contributed by atoms with van der Waals surface area (Å²) in [6.07, 6.45) is 4.87. The Morgan fingerprint density at radius 3 is 2.67 bits per heavy atom. The molecule has 1 aliphatic carbocycles. The van der Waals surface area contributed by atoms with Crippen molar-refractivity contribution in [2.24, 2.45) is 0 Å². The van der Waals surface area contributed by atoms with E-state index in [1.807, 2.05) is 13.8 Å². The molecule has 2 aromatic heterocycles. The summed E-state index contributed by atoms with van der Waals surface area (Å²) in [5.74, 6) is -0.262. The van der Waals surface area contributed by atoms with E-state index < -0.39 is 15.9 Å². The molecule has 1 fully saturated rings. The zero-order chi connectivity index (χ0) is 21.5. The molecule has 0 aliphatic heterocycles. The highest BCUT2D eigenvalue weighted by molar-refractivity contribution is 7.89. The number of carbonyl (C=O) groups is 1. The van der Waals surface area contributed by atoms with Crippen LogP contribution in [0.1, 0.15) is 43.1 Å². The van der Waals surface area contributed by atoms with Crippen LogP contribution in [0.2, 0.25) is 0 Å². The molecule has 0 atom stereocenters. The van der Waals surface area contributed by atoms with Crippen molar-refractivity contribution in [3.8, 4) is 5.75 Å². The van der Waals surface area contributed by atoms with Crippen molar-refractivity contribution in [3.05, 3.63) is 42.2 Å². The molecule has 0 saturated heterocycles. The van der Waals surface area contributed by atoms with Crippen molar-refractivity contribution in [3.63, 3.8) is 0 Å². The molecule has 0 spiro atoms. The number of anilines is 1. The average Bonchev–Trinajstić information content (AvgIpc) is 3.41. The highest BCUT2D eigenvalue weighted by Crippen LogP contribution is 2.29. The first kappa shape index (κ1) is 20.3. The van der Waals surface area contributed by atoms with E-state index in [-0.39, 0.29) is 28.3 Å². The minimum absolute atomic E-state index is 0.0539. The number of ether oxygens (including phenoxy) is 1. The lowest BCUT2D eigenvalue weighted by Crippen LogP contribution is -2.26. The fourth-order valence-electron chi connectivity index (χ4n) is 3.10. The van der Waals surface area contributed by atoms with E-state index >= 15 is 0 Å². The number of fused-ring (bicyclic) bond motifs is 1. The Kier molecular flexibility index (Phi) is 5.20. The van der Waals surface area contributed by atoms with Crippen molar-refractivity contribution < 1.29 is 17.9 Å². The molecular weight excluding hydrogens is 406 g/mol. The third-order valence-electron chi connectivity index (χ3n) is 4.79. The molecule has 2 heterocycles. The van der Waals surface area contributed by atoms with Crippen LogP contribution in [0.4, 0.5) is 5.69 Å². The Morgan fingerprint density at radius 2 is 2.00 bits per heavy atom. The van der Waals surface area contributed by atoms with Crippen molar-refractivity contribution >= 4 is 32.7 Å². The summed E-state index contributed by atoms with van der Waals surface area (Å²) in [5.41, 5.74) is 1.42. The SMILES string of the molecule is COc1ccc(C(=O)Nc2cnc3c(cnn3C(C)C)c2)cc1S(=O)(=O)NC1CC1. The second kappa shape index (κ2) is 7.69. The first-order valence-electron chi connectivity index (χ1n) is 9.63. The van der Waals surface area contributed by atoms with Gasteiger partial charge >= 0.3 is 0 Å². The maximum absolute atomic E-state index is 12.8. The molecule has 1 amide bonds. The van der Waals surface area contributed by atoms with Crippen LogP contribution in [-0.4, -0.2) is 42.2 Å². The standard InChI is InChI=1S/C20H23N5O4S/c1-12(2)25-19-14(10-22-25)8-16(11-21-19)23-20(26)13-4-7-17(29-3)18(9-13)30(27,28)24-15-5-6-15/h4,7-12,15,24H,5-6H2,1-3H3,(H,23,26). The van der Waals surface area contributed by atoms with Crippen LogP contribution in [0.3, 0.4) is 0 Å². The number of sulfonamides is 1. The van der Waals surface area contributed by atoms with Crippen LogP contribution >= 0.6 is 0 Å². The summed E-state index contributed by atoms with van der Waals surface area (Å²) in [6.45, 7) is 4.02. The second-order valence-corrected chi connectivity index (χ2v) is 9.22. The van der Waals surface area contributed by atoms with Gasteiger partial charge in [0.2, 0.25) is 10.0 Å². The van der Waals surface area contributed by atoms with E-state index in [0.717, 1.165) is 23.9 Å². The van der Waals surface area contributed by atoms with Gasteiger partial charge in [-0.05, 0) is 51.0 Å². The zero-order valence-corrected chi connectivity index (χ0v) is 17.7. The maximum Gasteiger partial charge on any atom is 0.255 e. The number of hydrogen-bond acceptors (Lipinski definition) is 6. The highest BCUT2D eigenvalue weighted by atomic mass is 32.2. The number of hydrogen-bond donors (Lipinski definition) is 2. The van der Waals surface area contributed by atoms with Crippen molar-refractivity contribution in [2.75, 3.05) is 12.4 Å². The highest BCUT2D eigenvalue weighted by Gasteiger charge is 2.30. The van der Waals surface area contributed by atoms with E-state index in [2.05, 4.69) is 20.1 Å². The lowest BCUT2D eigenvalue weighted by atomic mass is 10.2. The maximum atomic E-state index is 12.8. The molecule has 0 unspecified atom stereocenters. The van der Waals surface area contributed by atoms with E-state index in [1.165, 1.54) is 25.3 Å². The van der Waals surface area contributed by atoms with Gasteiger partial charge in [-0.3, -0.25) is 4.79 Å². The predicted molar refractivity (Wildman–Crippen MR) is 112 cm³/mol. The molecular formula is C20H23N5O4S. The van der Waals surface area contributed by atoms with Crippen LogP contribution in [0.25, 0.3) is 11.0 Å². The molecule has 30 heavy (non-hydrogen) atoms. The summed E-state index contributed by atoms with van der Waals surface area (Å²) < 4.78 is 34.9. The average molecular weight is 430 g/mol. The molecule has 0 bridgehead atoms. The largest absolute Gasteiger partial charge is 0.495 e. The zero-order valence-electron chi connectivity index (χ0n) is 16.9. The van der Waals surface area contributed by atoms with Crippen molar-refractivity contribution in [2.45, 2.75) is 43.7 Å². The van der Waals surface area contributed by atoms with Gasteiger partial charge in [0.25, 0.3) is 5.91 Å². The molecule has 158 valence electrons. The summed E-state index contributed by atoms with van der Waals surface area (Å²) in [4.78, 5) is 17.1. The van der Waals surface area contributed by atoms with Crippen LogP contribution in [0.5, 0.6) is 5.75 Å². The molecule has 2 N–H and O–H groups in total. The normalized spacial score (nSPS) is 14.3. The molecule has 1 aromatic carbocycles. The Labute approximate surface area is 174 Å². The van der Waals surface area contributed by atoms with Gasteiger partial charge in [-0.15, -0.1) is 0 Å². The van der Waals surface area contributed by atoms with Crippen molar-refractivity contribution in [1.82, 2.24) is 19.5 Å². The van der Waals surface area contributed by atoms with Gasteiger partial charge in [-0.1, -0.05) is 0 Å². The number of pyridine rings is 1. The molecule has 10 heteroatoms. The summed E-state index contributed by atoms with van der Waals surface area (Å²) >= 11 is 0. The number of carbonyl (C=O) groups excluding carboxylic acids is 1. The lowest BCUT2D eigenvalue weighted by Gasteiger charge is -2.12. The minimum Gasteiger partial charge on any atom is -0.495 e. The second-order valence-electron chi connectivity index (χ2n) is 7.54. The molecule has 0 radical (unpaired) electrons.